The minimum atomic E-state index is -1.43. The van der Waals surface area contributed by atoms with E-state index in [0.29, 0.717) is 33.3 Å². The molecule has 5 N–H and O–H groups in total. The Labute approximate surface area is 343 Å². The van der Waals surface area contributed by atoms with Crippen molar-refractivity contribution < 1.29 is 44.3 Å². The van der Waals surface area contributed by atoms with E-state index in [-0.39, 0.29) is 30.3 Å². The minimum absolute atomic E-state index is 0.0131. The number of hydrogen-bond donors (Lipinski definition) is 5. The van der Waals surface area contributed by atoms with Gasteiger partial charge in [0.25, 0.3) is 5.91 Å². The molecule has 3 amide bonds. The van der Waals surface area contributed by atoms with Gasteiger partial charge in [0, 0.05) is 41.4 Å². The van der Waals surface area contributed by atoms with E-state index in [0.717, 1.165) is 10.9 Å². The zero-order chi connectivity index (χ0) is 42.3. The van der Waals surface area contributed by atoms with Crippen LogP contribution in [0.2, 0.25) is 1.41 Å². The van der Waals surface area contributed by atoms with Crippen LogP contribution < -0.4 is 20.3 Å². The molecule has 1 aliphatic heterocycles. The van der Waals surface area contributed by atoms with Crippen LogP contribution in [0.5, 0.6) is 5.75 Å². The van der Waals surface area contributed by atoms with Crippen molar-refractivity contribution >= 4 is 52.0 Å². The molecule has 1 aliphatic rings. The van der Waals surface area contributed by atoms with Crippen LogP contribution in [0, 0.1) is 11.6 Å². The third kappa shape index (κ3) is 9.79. The Hall–Kier alpha value is -6.51. The lowest BCUT2D eigenvalue weighted by molar-refractivity contribution is -0.142. The van der Waals surface area contributed by atoms with Gasteiger partial charge >= 0.3 is 5.97 Å². The number of β-lactam (4-membered cyclic amide) rings is 1. The maximum absolute atomic E-state index is 13.8. The summed E-state index contributed by atoms with van der Waals surface area (Å²) < 4.78 is 41.9. The first-order valence-corrected chi connectivity index (χ1v) is 19.8. The molecule has 1 unspecified atom stereocenters. The third-order valence-electron chi connectivity index (χ3n) is 10.0. The number of aliphatic carboxylic acids is 1. The normalized spacial score (nSPS) is 16.7. The molecular weight excluding hydrogens is 779 g/mol. The van der Waals surface area contributed by atoms with E-state index in [1.54, 1.807) is 60.8 Å². The quantitative estimate of drug-likeness (QED) is 0.0672. The number of para-hydroxylation sites is 1. The Balaban J connectivity index is 1.05. The van der Waals surface area contributed by atoms with Gasteiger partial charge in [-0.15, -0.1) is 11.8 Å². The van der Waals surface area contributed by atoms with Gasteiger partial charge in [0.1, 0.15) is 34.7 Å². The number of anilines is 1. The van der Waals surface area contributed by atoms with Crippen molar-refractivity contribution in [1.29, 1.82) is 0 Å². The number of aromatic amines is 1. The first kappa shape index (κ1) is 39.3. The molecule has 0 bridgehead atoms. The van der Waals surface area contributed by atoms with Crippen molar-refractivity contribution in [1.82, 2.24) is 15.6 Å². The predicted octanol–water partition coefficient (Wildman–Crippen LogP) is 6.29. The molecule has 1 fully saturated rings. The van der Waals surface area contributed by atoms with Crippen molar-refractivity contribution in [2.24, 2.45) is 0 Å². The molecule has 1 saturated heterocycles. The monoisotopic (exact) mass is 819 g/mol. The highest BCUT2D eigenvalue weighted by Crippen LogP contribution is 2.46. The highest BCUT2D eigenvalue weighted by molar-refractivity contribution is 8.00. The Morgan fingerprint density at radius 2 is 1.51 bits per heavy atom. The lowest BCUT2D eigenvalue weighted by Crippen LogP contribution is -2.57. The molecule has 5 atom stereocenters. The number of rotatable bonds is 17. The second kappa shape index (κ2) is 18.4. The molecule has 14 heteroatoms. The maximum Gasteiger partial charge on any atom is 0.326 e. The molecule has 59 heavy (non-hydrogen) atoms. The Morgan fingerprint density at radius 3 is 2.20 bits per heavy atom. The first-order valence-electron chi connectivity index (χ1n) is 19.2. The summed E-state index contributed by atoms with van der Waals surface area (Å²) in [6.45, 7) is -0.629. The number of thioether (sulfide) groups is 1. The standard InChI is InChI=1S/C45H40F2N4O7S/c46-31-14-10-28(11-15-31)39(52)26-59-42-41(51(44(42)55)33-18-16-32(47)17-19-33)29-12-20-34(21-13-29)58-25-40(53)49-37(23-30-24-48-36-9-5-4-8-35(30)36)43(54)50-38(45(56)57)22-27-6-2-1-3-7-27/h1-21,24,37-39,41-42,48,52H,22-23,25-26H2,(H,49,53)(H,50,54)(H,56,57)/t37-,38-,39?,41+,42+/m0/s1/i/hD. The largest absolute Gasteiger partial charge is 0.484 e. The number of hydrogen-bond acceptors (Lipinski definition) is 7. The summed E-state index contributed by atoms with van der Waals surface area (Å²) >= 11 is 1.24. The number of carboxylic acid groups (broad SMARTS) is 1. The number of aromatic nitrogens is 1. The van der Waals surface area contributed by atoms with Crippen LogP contribution in [0.4, 0.5) is 14.5 Å². The number of halogens is 2. The van der Waals surface area contributed by atoms with Gasteiger partial charge in [0.2, 0.25) is 11.8 Å². The topological polar surface area (TPSA) is 161 Å². The molecule has 0 aliphatic carbocycles. The number of H-pyrrole nitrogens is 1. The molecule has 302 valence electrons. The van der Waals surface area contributed by atoms with Gasteiger partial charge in [-0.05, 0) is 76.9 Å². The number of carboxylic acids is 1. The summed E-state index contributed by atoms with van der Waals surface area (Å²) in [4.78, 5) is 57.8. The van der Waals surface area contributed by atoms with Crippen LogP contribution in [-0.2, 0) is 32.0 Å². The second-order valence-corrected chi connectivity index (χ2v) is 15.2. The summed E-state index contributed by atoms with van der Waals surface area (Å²) in [7, 11) is 0. The Morgan fingerprint density at radius 1 is 0.847 bits per heavy atom. The molecular formula is C45H40F2N4O7S. The van der Waals surface area contributed by atoms with Crippen LogP contribution in [-0.4, -0.2) is 68.6 Å². The molecule has 0 spiro atoms. The third-order valence-corrected chi connectivity index (χ3v) is 11.3. The average Bonchev–Trinajstić information content (AvgIpc) is 3.67. The SMILES string of the molecule is [2H]N(C(=O)COc1ccc([C@@H]2[C@@H](SCC(O)c3ccc(F)cc3)C(=O)N2c2ccc(F)cc2)cc1)[C@@H](Cc1c[nH]c2ccccc12)C(=O)N[C@@H](Cc1ccccc1)C(=O)O. The molecule has 11 nitrogen and oxygen atoms in total. The summed E-state index contributed by atoms with van der Waals surface area (Å²) in [6, 6.07) is 30.4. The van der Waals surface area contributed by atoms with Gasteiger partial charge in [-0.3, -0.25) is 14.4 Å². The maximum atomic E-state index is 13.8. The summed E-state index contributed by atoms with van der Waals surface area (Å²) in [5.41, 5.74) is 3.78. The van der Waals surface area contributed by atoms with E-state index in [4.69, 9.17) is 6.15 Å². The zero-order valence-electron chi connectivity index (χ0n) is 32.4. The lowest BCUT2D eigenvalue weighted by atomic mass is 9.92. The fourth-order valence-electron chi connectivity index (χ4n) is 6.96. The second-order valence-electron chi connectivity index (χ2n) is 14.0. The molecule has 0 saturated carbocycles. The van der Waals surface area contributed by atoms with Gasteiger partial charge in [0.05, 0.1) is 12.1 Å². The predicted molar refractivity (Wildman–Crippen MR) is 220 cm³/mol. The number of benzene rings is 5. The number of nitrogens with zero attached hydrogens (tertiary/aromatic N) is 1. The number of ether oxygens (including phenoxy) is 1. The number of amides is 3. The van der Waals surface area contributed by atoms with Crippen molar-refractivity contribution in [2.45, 2.75) is 42.3 Å². The summed E-state index contributed by atoms with van der Waals surface area (Å²) in [5, 5.41) is 24.0. The Bertz CT molecular complexity index is 2460. The van der Waals surface area contributed by atoms with E-state index in [1.807, 2.05) is 24.3 Å². The first-order chi connectivity index (χ1) is 29.0. The lowest BCUT2D eigenvalue weighted by Gasteiger charge is -2.47. The zero-order valence-corrected chi connectivity index (χ0v) is 32.2. The average molecular weight is 820 g/mol. The van der Waals surface area contributed by atoms with Crippen LogP contribution in [0.1, 0.15) is 34.4 Å². The van der Waals surface area contributed by atoms with Crippen molar-refractivity contribution in [3.05, 3.63) is 167 Å². The summed E-state index contributed by atoms with van der Waals surface area (Å²) in [5.74, 6) is -3.70. The van der Waals surface area contributed by atoms with Gasteiger partial charge < -0.3 is 35.5 Å². The van der Waals surface area contributed by atoms with Crippen LogP contribution in [0.25, 0.3) is 10.9 Å². The number of fused-ring (bicyclic) bond motifs is 1. The molecule has 6 aromatic rings. The number of carbonyl (C=O) groups is 4. The summed E-state index contributed by atoms with van der Waals surface area (Å²) in [6.07, 6.45) is 0.613. The molecule has 7 rings (SSSR count). The van der Waals surface area contributed by atoms with Crippen LogP contribution in [0.15, 0.2) is 134 Å². The number of nitrogens with one attached hydrogen (secondary N) is 3. The number of carbonyl (C=O) groups excluding carboxylic acids is 3. The van der Waals surface area contributed by atoms with E-state index in [1.165, 1.54) is 65.2 Å². The van der Waals surface area contributed by atoms with Crippen molar-refractivity contribution in [2.75, 3.05) is 17.3 Å². The van der Waals surface area contributed by atoms with E-state index >= 15 is 0 Å². The highest BCUT2D eigenvalue weighted by Gasteiger charge is 2.49. The number of aliphatic hydroxyl groups is 1. The molecule has 5 aromatic carbocycles. The van der Waals surface area contributed by atoms with E-state index in [9.17, 15) is 38.2 Å². The molecule has 1 aromatic heterocycles. The van der Waals surface area contributed by atoms with Crippen LogP contribution in [0.3, 0.4) is 0 Å². The van der Waals surface area contributed by atoms with Crippen molar-refractivity contribution in [3.63, 3.8) is 0 Å². The fourth-order valence-corrected chi connectivity index (χ4v) is 8.25. The minimum Gasteiger partial charge on any atom is -0.484 e. The van der Waals surface area contributed by atoms with Gasteiger partial charge in [0.15, 0.2) is 8.02 Å². The van der Waals surface area contributed by atoms with E-state index in [2.05, 4.69) is 10.3 Å². The van der Waals surface area contributed by atoms with Gasteiger partial charge in [-0.2, -0.15) is 0 Å². The molecule has 2 heterocycles. The van der Waals surface area contributed by atoms with Crippen LogP contribution >= 0.6 is 11.8 Å². The van der Waals surface area contributed by atoms with E-state index < -0.39 is 65.5 Å². The Kier molecular flexibility index (Phi) is 12.3. The number of aliphatic hydroxyl groups excluding tert-OH is 1. The van der Waals surface area contributed by atoms with Gasteiger partial charge in [-0.1, -0.05) is 72.8 Å². The van der Waals surface area contributed by atoms with Crippen molar-refractivity contribution in [3.8, 4) is 5.75 Å². The smallest absolute Gasteiger partial charge is 0.326 e. The molecule has 0 radical (unpaired) electrons. The van der Waals surface area contributed by atoms with Gasteiger partial charge in [-0.25, -0.2) is 13.6 Å². The fraction of sp³-hybridized carbons (Fsp3) is 0.200. The highest BCUT2D eigenvalue weighted by atomic mass is 32.2.